The first-order valence-electron chi connectivity index (χ1n) is 18.8. The lowest BCUT2D eigenvalue weighted by Gasteiger charge is -2.37. The summed E-state index contributed by atoms with van der Waals surface area (Å²) in [7, 11) is 0. The Hall–Kier alpha value is -5.65. The molecule has 0 spiro atoms. The highest BCUT2D eigenvalue weighted by Crippen LogP contribution is 2.40. The predicted molar refractivity (Wildman–Crippen MR) is 210 cm³/mol. The molecule has 0 bridgehead atoms. The van der Waals surface area contributed by atoms with Crippen molar-refractivity contribution < 1.29 is 42.5 Å². The molecule has 10 nitrogen and oxygen atoms in total. The summed E-state index contributed by atoms with van der Waals surface area (Å²) in [5, 5.41) is 12.9. The van der Waals surface area contributed by atoms with Crippen molar-refractivity contribution >= 4 is 23.8 Å². The number of ether oxygens (including phenoxy) is 3. The molecule has 296 valence electrons. The number of likely N-dealkylation sites (tertiary alicyclic amines) is 2. The van der Waals surface area contributed by atoms with Gasteiger partial charge in [-0.2, -0.15) is 0 Å². The molecular weight excluding hydrogens is 720 g/mol. The molecule has 2 N–H and O–H groups in total. The Kier molecular flexibility index (Phi) is 11.3. The summed E-state index contributed by atoms with van der Waals surface area (Å²) >= 11 is 0. The lowest BCUT2D eigenvalue weighted by Crippen LogP contribution is -2.48. The second-order valence-electron chi connectivity index (χ2n) is 16.6. The number of halogens is 2. The molecule has 2 unspecified atom stereocenters. The molecule has 4 aromatic carbocycles. The van der Waals surface area contributed by atoms with Crippen LogP contribution in [0.3, 0.4) is 0 Å². The summed E-state index contributed by atoms with van der Waals surface area (Å²) in [6, 6.07) is 21.0. The quantitative estimate of drug-likeness (QED) is 0.183. The van der Waals surface area contributed by atoms with Gasteiger partial charge in [0.1, 0.15) is 29.3 Å². The molecule has 12 heteroatoms. The van der Waals surface area contributed by atoms with E-state index in [1.165, 1.54) is 11.0 Å². The topological polar surface area (TPSA) is 118 Å². The Balaban J connectivity index is 1.28. The maximum atomic E-state index is 14.6. The first kappa shape index (κ1) is 40.0. The number of carboxylic acid groups (broad SMARTS) is 1. The minimum atomic E-state index is -1.06. The highest BCUT2D eigenvalue weighted by Gasteiger charge is 2.45. The Morgan fingerprint density at radius 1 is 0.768 bits per heavy atom. The number of hydrogen-bond donors (Lipinski definition) is 2. The van der Waals surface area contributed by atoms with Crippen molar-refractivity contribution in [2.45, 2.75) is 85.2 Å². The highest BCUT2D eigenvalue weighted by atomic mass is 19.2. The van der Waals surface area contributed by atoms with E-state index in [-0.39, 0.29) is 29.9 Å². The van der Waals surface area contributed by atoms with Gasteiger partial charge in [-0.15, -0.1) is 0 Å². The molecular formula is C44H49F2N3O7. The van der Waals surface area contributed by atoms with E-state index in [1.54, 1.807) is 35.2 Å². The number of carbonyl (C=O) groups excluding carboxylic acids is 2. The van der Waals surface area contributed by atoms with Crippen LogP contribution in [0.2, 0.25) is 0 Å². The van der Waals surface area contributed by atoms with Crippen LogP contribution in [0, 0.1) is 24.0 Å². The number of aryl methyl sites for hydroxylation is 1. The van der Waals surface area contributed by atoms with E-state index in [2.05, 4.69) is 5.32 Å². The van der Waals surface area contributed by atoms with E-state index in [0.29, 0.717) is 48.7 Å². The number of amides is 3. The predicted octanol–water partition coefficient (Wildman–Crippen LogP) is 9.79. The molecule has 2 saturated heterocycles. The summed E-state index contributed by atoms with van der Waals surface area (Å²) in [5.74, 6) is -1.64. The van der Waals surface area contributed by atoms with Crippen molar-refractivity contribution in [2.24, 2.45) is 5.41 Å². The van der Waals surface area contributed by atoms with Gasteiger partial charge in [0.2, 0.25) is 0 Å². The first-order chi connectivity index (χ1) is 26.4. The Morgan fingerprint density at radius 3 is 2.09 bits per heavy atom. The third-order valence-corrected chi connectivity index (χ3v) is 9.92. The van der Waals surface area contributed by atoms with Gasteiger partial charge in [-0.3, -0.25) is 4.79 Å². The Morgan fingerprint density at radius 2 is 1.43 bits per heavy atom. The van der Waals surface area contributed by atoms with Crippen LogP contribution in [0.15, 0.2) is 78.9 Å². The summed E-state index contributed by atoms with van der Waals surface area (Å²) in [4.78, 5) is 41.7. The van der Waals surface area contributed by atoms with Crippen LogP contribution in [-0.2, 0) is 4.74 Å². The van der Waals surface area contributed by atoms with Gasteiger partial charge in [-0.25, -0.2) is 18.4 Å². The minimum absolute atomic E-state index is 0.230. The van der Waals surface area contributed by atoms with Gasteiger partial charge in [-0.05, 0) is 92.8 Å². The van der Waals surface area contributed by atoms with Gasteiger partial charge in [0.05, 0.1) is 12.6 Å². The van der Waals surface area contributed by atoms with Crippen LogP contribution in [0.5, 0.6) is 11.5 Å². The number of nitrogens with zero attached hydrogens (tertiary/aromatic N) is 2. The molecule has 2 heterocycles. The minimum Gasteiger partial charge on any atom is -0.488 e. The standard InChI is InChI=1S/C44H49F2N3O7/c1-26-8-10-27(11-9-26)33-24-30(14-17-36(33)54-31-18-20-48(25-31)42(53)56-44(5,6)7)47-40(50)29-13-16-37(32(22-29)28-12-15-34(45)35(46)23-28)55-38-19-21-49(41(51)52)39(38)43(2,3)4/h8-17,22-24,31,38-39H,18-21,25H2,1-7H3,(H,47,50)(H,51,52)/t31-,38?,39?/m0/s1. The van der Waals surface area contributed by atoms with Crippen molar-refractivity contribution in [1.82, 2.24) is 9.80 Å². The lowest BCUT2D eigenvalue weighted by atomic mass is 9.83. The van der Waals surface area contributed by atoms with Crippen molar-refractivity contribution in [3.05, 3.63) is 102 Å². The lowest BCUT2D eigenvalue weighted by molar-refractivity contribution is 0.0275. The normalized spacial score (nSPS) is 18.5. The number of rotatable bonds is 8. The van der Waals surface area contributed by atoms with Gasteiger partial charge in [0.25, 0.3) is 5.91 Å². The first-order valence-corrected chi connectivity index (χ1v) is 18.8. The van der Waals surface area contributed by atoms with E-state index < -0.39 is 46.8 Å². The highest BCUT2D eigenvalue weighted by molar-refractivity contribution is 6.05. The number of carbonyl (C=O) groups is 3. The second kappa shape index (κ2) is 15.8. The number of anilines is 1. The van der Waals surface area contributed by atoms with E-state index in [1.807, 2.05) is 78.8 Å². The van der Waals surface area contributed by atoms with Crippen LogP contribution in [0.1, 0.15) is 70.3 Å². The molecule has 2 aliphatic rings. The molecule has 3 amide bonds. The molecule has 56 heavy (non-hydrogen) atoms. The molecule has 4 aromatic rings. The van der Waals surface area contributed by atoms with E-state index >= 15 is 0 Å². The number of nitrogens with one attached hydrogen (secondary N) is 1. The van der Waals surface area contributed by atoms with E-state index in [0.717, 1.165) is 28.8 Å². The van der Waals surface area contributed by atoms with Gasteiger partial charge in [-0.1, -0.05) is 56.7 Å². The van der Waals surface area contributed by atoms with Gasteiger partial charge in [0, 0.05) is 48.3 Å². The van der Waals surface area contributed by atoms with Crippen molar-refractivity contribution in [1.29, 1.82) is 0 Å². The molecule has 2 aliphatic heterocycles. The van der Waals surface area contributed by atoms with Crippen LogP contribution < -0.4 is 14.8 Å². The smallest absolute Gasteiger partial charge is 0.410 e. The van der Waals surface area contributed by atoms with Crippen LogP contribution in [0.4, 0.5) is 24.1 Å². The van der Waals surface area contributed by atoms with Crippen LogP contribution in [0.25, 0.3) is 22.3 Å². The molecule has 6 rings (SSSR count). The summed E-state index contributed by atoms with van der Waals surface area (Å²) in [6.45, 7) is 14.5. The molecule has 0 aliphatic carbocycles. The Bertz CT molecular complexity index is 2110. The third-order valence-electron chi connectivity index (χ3n) is 9.92. The van der Waals surface area contributed by atoms with Crippen molar-refractivity contribution in [2.75, 3.05) is 25.0 Å². The zero-order chi connectivity index (χ0) is 40.5. The molecule has 2 fully saturated rings. The van der Waals surface area contributed by atoms with Gasteiger partial charge < -0.3 is 34.4 Å². The monoisotopic (exact) mass is 769 g/mol. The largest absolute Gasteiger partial charge is 0.488 e. The van der Waals surface area contributed by atoms with E-state index in [9.17, 15) is 28.3 Å². The Labute approximate surface area is 326 Å². The molecule has 0 aromatic heterocycles. The molecule has 0 radical (unpaired) electrons. The zero-order valence-corrected chi connectivity index (χ0v) is 32.8. The fraction of sp³-hybridized carbons (Fsp3) is 0.386. The SMILES string of the molecule is Cc1ccc(-c2cc(NC(=O)c3ccc(OC4CCN(C(=O)O)C4C(C)(C)C)c(-c4ccc(F)c(F)c4)c3)ccc2O[C@H]2CCN(C(=O)OC(C)(C)C)C2)cc1. The van der Waals surface area contributed by atoms with Gasteiger partial charge >= 0.3 is 12.2 Å². The maximum absolute atomic E-state index is 14.6. The summed E-state index contributed by atoms with van der Waals surface area (Å²) in [6.07, 6.45) is -1.17. The summed E-state index contributed by atoms with van der Waals surface area (Å²) in [5.41, 5.74) is 2.97. The average molecular weight is 770 g/mol. The van der Waals surface area contributed by atoms with Gasteiger partial charge in [0.15, 0.2) is 11.6 Å². The van der Waals surface area contributed by atoms with Crippen molar-refractivity contribution in [3.8, 4) is 33.8 Å². The zero-order valence-electron chi connectivity index (χ0n) is 32.8. The number of benzene rings is 4. The fourth-order valence-corrected chi connectivity index (χ4v) is 7.32. The number of hydrogen-bond acceptors (Lipinski definition) is 6. The van der Waals surface area contributed by atoms with E-state index in [4.69, 9.17) is 14.2 Å². The fourth-order valence-electron chi connectivity index (χ4n) is 7.32. The maximum Gasteiger partial charge on any atom is 0.410 e. The second-order valence-corrected chi connectivity index (χ2v) is 16.6. The summed E-state index contributed by atoms with van der Waals surface area (Å²) < 4.78 is 47.1. The van der Waals surface area contributed by atoms with Crippen LogP contribution >= 0.6 is 0 Å². The average Bonchev–Trinajstić information content (AvgIpc) is 3.78. The van der Waals surface area contributed by atoms with Crippen LogP contribution in [-0.4, -0.2) is 76.5 Å². The molecule has 3 atom stereocenters. The third kappa shape index (κ3) is 9.23. The van der Waals surface area contributed by atoms with Crippen molar-refractivity contribution in [3.63, 3.8) is 0 Å². The molecule has 0 saturated carbocycles.